The van der Waals surface area contributed by atoms with E-state index < -0.39 is 12.7 Å². The Bertz CT molecular complexity index is 325. The third-order valence-corrected chi connectivity index (χ3v) is 2.04. The van der Waals surface area contributed by atoms with Crippen molar-refractivity contribution in [1.82, 2.24) is 9.88 Å². The predicted octanol–water partition coefficient (Wildman–Crippen LogP) is 1.34. The average Bonchev–Trinajstić information content (AvgIpc) is 2.49. The Kier molecular flexibility index (Phi) is 4.31. The molecule has 4 nitrogen and oxygen atoms in total. The van der Waals surface area contributed by atoms with E-state index in [1.54, 1.807) is 6.92 Å². The van der Waals surface area contributed by atoms with Crippen molar-refractivity contribution in [2.75, 3.05) is 19.7 Å². The topological polar surface area (TPSA) is 49.5 Å². The fourth-order valence-electron chi connectivity index (χ4n) is 1.30. The molecule has 0 aliphatic rings. The Balaban J connectivity index is 2.61. The van der Waals surface area contributed by atoms with E-state index in [-0.39, 0.29) is 19.7 Å². The van der Waals surface area contributed by atoms with Crippen LogP contribution in [0.5, 0.6) is 0 Å². The number of aliphatic hydroxyl groups excluding tert-OH is 1. The van der Waals surface area contributed by atoms with Gasteiger partial charge in [0.2, 0.25) is 0 Å². The summed E-state index contributed by atoms with van der Waals surface area (Å²) >= 11 is 0. The summed E-state index contributed by atoms with van der Waals surface area (Å²) in [7, 11) is 0. The minimum Gasteiger partial charge on any atom is -0.448 e. The van der Waals surface area contributed by atoms with Crippen molar-refractivity contribution in [3.63, 3.8) is 0 Å². The van der Waals surface area contributed by atoms with Gasteiger partial charge in [0.05, 0.1) is 18.8 Å². The van der Waals surface area contributed by atoms with Gasteiger partial charge < -0.3 is 9.52 Å². The van der Waals surface area contributed by atoms with Gasteiger partial charge in [0.25, 0.3) is 0 Å². The molecule has 0 spiro atoms. The summed E-state index contributed by atoms with van der Waals surface area (Å²) in [6.07, 6.45) is -3.10. The van der Waals surface area contributed by atoms with Crippen LogP contribution in [0.2, 0.25) is 0 Å². The molecule has 0 fully saturated rings. The number of alkyl halides is 3. The zero-order valence-corrected chi connectivity index (χ0v) is 8.79. The summed E-state index contributed by atoms with van der Waals surface area (Å²) in [5.74, 6) is 0.491. The van der Waals surface area contributed by atoms with Crippen LogP contribution in [0.25, 0.3) is 0 Å². The largest absolute Gasteiger partial charge is 0.448 e. The quantitative estimate of drug-likeness (QED) is 0.841. The van der Waals surface area contributed by atoms with Crippen LogP contribution in [-0.2, 0) is 6.54 Å². The molecule has 1 aromatic heterocycles. The van der Waals surface area contributed by atoms with Gasteiger partial charge in [0, 0.05) is 13.1 Å². The molecule has 7 heteroatoms. The van der Waals surface area contributed by atoms with Crippen LogP contribution in [0.4, 0.5) is 13.2 Å². The van der Waals surface area contributed by atoms with Gasteiger partial charge in [-0.3, -0.25) is 4.90 Å². The van der Waals surface area contributed by atoms with E-state index in [0.29, 0.717) is 11.5 Å². The molecule has 0 saturated carbocycles. The molecular formula is C9H13F3N2O2. The first kappa shape index (κ1) is 13.0. The van der Waals surface area contributed by atoms with Crippen LogP contribution in [0.3, 0.4) is 0 Å². The van der Waals surface area contributed by atoms with Crippen molar-refractivity contribution in [2.45, 2.75) is 19.6 Å². The standard InChI is InChI=1S/C9H13F3N2O2/c1-7-8(13-6-16-7)4-14(2-3-15)5-9(10,11)12/h6,15H,2-5H2,1H3. The van der Waals surface area contributed by atoms with E-state index in [4.69, 9.17) is 9.52 Å². The molecule has 0 aliphatic carbocycles. The minimum atomic E-state index is -4.28. The zero-order chi connectivity index (χ0) is 12.2. The summed E-state index contributed by atoms with van der Waals surface area (Å²) in [6.45, 7) is 0.202. The summed E-state index contributed by atoms with van der Waals surface area (Å²) in [5, 5.41) is 8.68. The van der Waals surface area contributed by atoms with Crippen LogP contribution in [0, 0.1) is 6.92 Å². The Morgan fingerprint density at radius 1 is 1.50 bits per heavy atom. The highest BCUT2D eigenvalue weighted by atomic mass is 19.4. The van der Waals surface area contributed by atoms with Crippen molar-refractivity contribution in [1.29, 1.82) is 0 Å². The lowest BCUT2D eigenvalue weighted by Crippen LogP contribution is -2.36. The van der Waals surface area contributed by atoms with Crippen LogP contribution < -0.4 is 0 Å². The number of aromatic nitrogens is 1. The number of hydrogen-bond acceptors (Lipinski definition) is 4. The first-order chi connectivity index (χ1) is 7.42. The van der Waals surface area contributed by atoms with Crippen LogP contribution >= 0.6 is 0 Å². The average molecular weight is 238 g/mol. The summed E-state index contributed by atoms with van der Waals surface area (Å²) in [5.41, 5.74) is 0.456. The van der Waals surface area contributed by atoms with Gasteiger partial charge in [-0.2, -0.15) is 13.2 Å². The minimum absolute atomic E-state index is 0.0163. The Morgan fingerprint density at radius 3 is 2.62 bits per heavy atom. The molecule has 0 aromatic carbocycles. The van der Waals surface area contributed by atoms with Gasteiger partial charge in [0.15, 0.2) is 6.39 Å². The fourth-order valence-corrected chi connectivity index (χ4v) is 1.30. The highest BCUT2D eigenvalue weighted by molar-refractivity contribution is 5.04. The maximum Gasteiger partial charge on any atom is 0.401 e. The normalized spacial score (nSPS) is 12.4. The molecule has 16 heavy (non-hydrogen) atoms. The first-order valence-electron chi connectivity index (χ1n) is 4.71. The molecule has 0 bridgehead atoms. The molecule has 0 radical (unpaired) electrons. The van der Waals surface area contributed by atoms with E-state index in [1.807, 2.05) is 0 Å². The fraction of sp³-hybridized carbons (Fsp3) is 0.667. The number of hydrogen-bond donors (Lipinski definition) is 1. The maximum atomic E-state index is 12.2. The van der Waals surface area contributed by atoms with Crippen LogP contribution in [-0.4, -0.2) is 40.9 Å². The molecule has 0 aliphatic heterocycles. The maximum absolute atomic E-state index is 12.2. The van der Waals surface area contributed by atoms with Gasteiger partial charge in [-0.1, -0.05) is 0 Å². The number of oxazole rings is 1. The monoisotopic (exact) mass is 238 g/mol. The zero-order valence-electron chi connectivity index (χ0n) is 8.79. The SMILES string of the molecule is Cc1ocnc1CN(CCO)CC(F)(F)F. The van der Waals surface area contributed by atoms with Crippen molar-refractivity contribution >= 4 is 0 Å². The van der Waals surface area contributed by atoms with E-state index in [1.165, 1.54) is 6.39 Å². The van der Waals surface area contributed by atoms with E-state index >= 15 is 0 Å². The molecule has 92 valence electrons. The summed E-state index contributed by atoms with van der Waals surface area (Å²) in [4.78, 5) is 4.88. The number of aryl methyl sites for hydroxylation is 1. The number of halogens is 3. The summed E-state index contributed by atoms with van der Waals surface area (Å²) < 4.78 is 41.5. The number of rotatable bonds is 5. The molecule has 0 saturated heterocycles. The van der Waals surface area contributed by atoms with Gasteiger partial charge in [0.1, 0.15) is 5.76 Å². The number of aliphatic hydroxyl groups is 1. The van der Waals surface area contributed by atoms with Crippen molar-refractivity contribution in [2.24, 2.45) is 0 Å². The molecule has 1 aromatic rings. The van der Waals surface area contributed by atoms with E-state index in [9.17, 15) is 13.2 Å². The van der Waals surface area contributed by atoms with E-state index in [2.05, 4.69) is 4.98 Å². The number of nitrogens with zero attached hydrogens (tertiary/aromatic N) is 2. The lowest BCUT2D eigenvalue weighted by atomic mass is 10.3. The summed E-state index contributed by atoms with van der Waals surface area (Å²) in [6, 6.07) is 0. The van der Waals surface area contributed by atoms with Crippen LogP contribution in [0.1, 0.15) is 11.5 Å². The Hall–Kier alpha value is -1.08. The van der Waals surface area contributed by atoms with Gasteiger partial charge in [-0.25, -0.2) is 4.98 Å². The lowest BCUT2D eigenvalue weighted by molar-refractivity contribution is -0.148. The third-order valence-electron chi connectivity index (χ3n) is 2.04. The van der Waals surface area contributed by atoms with Crippen molar-refractivity contribution in [3.05, 3.63) is 17.8 Å². The second-order valence-electron chi connectivity index (χ2n) is 3.40. The van der Waals surface area contributed by atoms with Crippen molar-refractivity contribution in [3.8, 4) is 0 Å². The highest BCUT2D eigenvalue weighted by Crippen LogP contribution is 2.18. The second-order valence-corrected chi connectivity index (χ2v) is 3.40. The molecule has 1 N–H and O–H groups in total. The Labute approximate surface area is 90.7 Å². The molecular weight excluding hydrogens is 225 g/mol. The molecule has 0 amide bonds. The van der Waals surface area contributed by atoms with Crippen LogP contribution in [0.15, 0.2) is 10.8 Å². The Morgan fingerprint density at radius 2 is 2.19 bits per heavy atom. The van der Waals surface area contributed by atoms with Gasteiger partial charge >= 0.3 is 6.18 Å². The molecule has 0 atom stereocenters. The smallest absolute Gasteiger partial charge is 0.401 e. The van der Waals surface area contributed by atoms with E-state index in [0.717, 1.165) is 4.90 Å². The predicted molar refractivity (Wildman–Crippen MR) is 49.7 cm³/mol. The van der Waals surface area contributed by atoms with Gasteiger partial charge in [-0.05, 0) is 6.92 Å². The first-order valence-corrected chi connectivity index (χ1v) is 4.71. The third kappa shape index (κ3) is 4.19. The van der Waals surface area contributed by atoms with Gasteiger partial charge in [-0.15, -0.1) is 0 Å². The lowest BCUT2D eigenvalue weighted by Gasteiger charge is -2.21. The molecule has 0 unspecified atom stereocenters. The molecule has 1 heterocycles. The highest BCUT2D eigenvalue weighted by Gasteiger charge is 2.30. The molecule has 1 rings (SSSR count). The van der Waals surface area contributed by atoms with Crippen molar-refractivity contribution < 1.29 is 22.7 Å². The second kappa shape index (κ2) is 5.31.